The first kappa shape index (κ1) is 26.1. The van der Waals surface area contributed by atoms with E-state index < -0.39 is 34.0 Å². The number of nitrogens with zero attached hydrogens (tertiary/aromatic N) is 5. The molecule has 2 N–H and O–H groups in total. The summed E-state index contributed by atoms with van der Waals surface area (Å²) in [5.41, 5.74) is -1.60. The van der Waals surface area contributed by atoms with Crippen LogP contribution in [-0.4, -0.2) is 71.5 Å². The lowest BCUT2D eigenvalue weighted by molar-refractivity contribution is -0.158. The molecule has 11 nitrogen and oxygen atoms in total. The minimum Gasteiger partial charge on any atom is -0.481 e. The second kappa shape index (κ2) is 9.83. The van der Waals surface area contributed by atoms with E-state index in [0.717, 1.165) is 11.3 Å². The molecule has 2 fully saturated rings. The van der Waals surface area contributed by atoms with Crippen LogP contribution in [0.3, 0.4) is 0 Å². The number of rotatable bonds is 6. The van der Waals surface area contributed by atoms with Crippen LogP contribution in [0.15, 0.2) is 17.2 Å². The lowest BCUT2D eigenvalue weighted by atomic mass is 9.83. The molecule has 2 aromatic heterocycles. The van der Waals surface area contributed by atoms with E-state index in [0.29, 0.717) is 17.2 Å². The molecular weight excluding hydrogens is 732 g/mol. The van der Waals surface area contributed by atoms with E-state index in [1.165, 1.54) is 45.7 Å². The number of halogens is 2. The lowest BCUT2D eigenvalue weighted by Crippen LogP contribution is -2.76. The van der Waals surface area contributed by atoms with Gasteiger partial charge in [-0.3, -0.25) is 23.9 Å². The summed E-state index contributed by atoms with van der Waals surface area (Å²) in [6.07, 6.45) is 2.99. The molecule has 2 saturated heterocycles. The Morgan fingerprint density at radius 2 is 1.97 bits per heavy atom. The number of thiol groups is 1. The first-order valence-electron chi connectivity index (χ1n) is 9.66. The first-order valence-corrected chi connectivity index (χ1v) is 14.2. The van der Waals surface area contributed by atoms with Crippen LogP contribution in [0.25, 0.3) is 0 Å². The van der Waals surface area contributed by atoms with Gasteiger partial charge >= 0.3 is 5.97 Å². The molecule has 2 aliphatic rings. The Labute approximate surface area is 233 Å². The van der Waals surface area contributed by atoms with Gasteiger partial charge in [0.25, 0.3) is 5.91 Å². The van der Waals surface area contributed by atoms with E-state index >= 15 is 0 Å². The van der Waals surface area contributed by atoms with E-state index in [1.54, 1.807) is 0 Å². The number of hydrogen-bond acceptors (Lipinski definition) is 10. The number of aliphatic carboxylic acids is 1. The Bertz CT molecular complexity index is 1210. The molecule has 182 valence electrons. The minimum atomic E-state index is -1.43. The highest BCUT2D eigenvalue weighted by Crippen LogP contribution is 2.51. The fourth-order valence-corrected chi connectivity index (χ4v) is 8.59. The highest BCUT2D eigenvalue weighted by molar-refractivity contribution is 14.1. The van der Waals surface area contributed by atoms with Gasteiger partial charge in [-0.2, -0.15) is 12.6 Å². The lowest BCUT2D eigenvalue weighted by Gasteiger charge is -2.56. The summed E-state index contributed by atoms with van der Waals surface area (Å²) in [7, 11) is 0. The highest BCUT2D eigenvalue weighted by Gasteiger charge is 2.62. The molecule has 4 atom stereocenters. The van der Waals surface area contributed by atoms with E-state index in [-0.39, 0.29) is 30.2 Å². The number of hydrogen-bond donors (Lipinski definition) is 3. The van der Waals surface area contributed by atoms with Crippen molar-refractivity contribution in [2.24, 2.45) is 5.41 Å². The van der Waals surface area contributed by atoms with Crippen LogP contribution in [0.4, 0.5) is 0 Å². The fraction of sp³-hybridized carbons (Fsp3) is 0.444. The number of thioether (sulfide) groups is 1. The Kier molecular flexibility index (Phi) is 7.55. The molecule has 4 rings (SSSR count). The maximum absolute atomic E-state index is 13.2. The normalized spacial score (nSPS) is 24.9. The van der Waals surface area contributed by atoms with Crippen molar-refractivity contribution in [3.05, 3.63) is 39.8 Å². The number of fused-ring (bicyclic) bond motifs is 1. The zero-order chi connectivity index (χ0) is 24.9. The monoisotopic (exact) mass is 749 g/mol. The van der Waals surface area contributed by atoms with Crippen LogP contribution in [-0.2, 0) is 21.0 Å². The zero-order valence-corrected chi connectivity index (χ0v) is 24.1. The van der Waals surface area contributed by atoms with Gasteiger partial charge in [-0.25, -0.2) is 5.01 Å². The topological polar surface area (TPSA) is 146 Å². The van der Waals surface area contributed by atoms with Crippen LogP contribution < -0.4 is 10.4 Å². The number of amides is 2. The van der Waals surface area contributed by atoms with Crippen molar-refractivity contribution in [1.29, 1.82) is 0 Å². The summed E-state index contributed by atoms with van der Waals surface area (Å²) in [4.78, 5) is 51.8. The van der Waals surface area contributed by atoms with Crippen LogP contribution in [0.2, 0.25) is 0 Å². The highest BCUT2D eigenvalue weighted by atomic mass is 127. The van der Waals surface area contributed by atoms with Crippen molar-refractivity contribution in [3.63, 3.8) is 0 Å². The molecule has 34 heavy (non-hydrogen) atoms. The molecule has 16 heteroatoms. The molecule has 2 aromatic rings. The van der Waals surface area contributed by atoms with Gasteiger partial charge in [0.15, 0.2) is 6.04 Å². The molecule has 0 spiro atoms. The van der Waals surface area contributed by atoms with Crippen LogP contribution in [0.1, 0.15) is 22.2 Å². The Balaban J connectivity index is 1.63. The number of aliphatic hydroxyl groups excluding tert-OH is 1. The third-order valence-electron chi connectivity index (χ3n) is 5.64. The molecule has 2 aliphatic heterocycles. The number of β-lactam (4-membered cyclic amide) rings is 1. The fourth-order valence-electron chi connectivity index (χ4n) is 3.88. The summed E-state index contributed by atoms with van der Waals surface area (Å²) < 4.78 is 2.25. The Morgan fingerprint density at radius 1 is 1.32 bits per heavy atom. The number of aliphatic hydroxyl groups is 1. The summed E-state index contributed by atoms with van der Waals surface area (Å²) in [5.74, 6) is -1.78. The van der Waals surface area contributed by atoms with Gasteiger partial charge in [0, 0.05) is 31.6 Å². The molecule has 0 radical (unpaired) electrons. The van der Waals surface area contributed by atoms with Crippen LogP contribution in [0, 0.1) is 12.6 Å². The second-order valence-electron chi connectivity index (χ2n) is 7.70. The molecule has 0 bridgehead atoms. The summed E-state index contributed by atoms with van der Waals surface area (Å²) in [6.45, 7) is 0.911. The maximum Gasteiger partial charge on any atom is 0.313 e. The smallest absolute Gasteiger partial charge is 0.313 e. The molecule has 3 unspecified atom stereocenters. The summed E-state index contributed by atoms with van der Waals surface area (Å²) >= 11 is 10.6. The van der Waals surface area contributed by atoms with Gasteiger partial charge < -0.3 is 15.1 Å². The average molecular weight is 749 g/mol. The van der Waals surface area contributed by atoms with Crippen molar-refractivity contribution in [2.45, 2.75) is 30.2 Å². The van der Waals surface area contributed by atoms with Gasteiger partial charge in [-0.05, 0) is 45.2 Å². The molecule has 4 heterocycles. The van der Waals surface area contributed by atoms with Crippen LogP contribution in [0.5, 0.6) is 0 Å². The minimum absolute atomic E-state index is 0.109. The number of carboxylic acid groups (broad SMARTS) is 1. The predicted octanol–water partition coefficient (Wildman–Crippen LogP) is 0.912. The number of carbonyl (C=O) groups is 3. The maximum atomic E-state index is 13.2. The largest absolute Gasteiger partial charge is 0.481 e. The van der Waals surface area contributed by atoms with Crippen LogP contribution >= 0.6 is 80.9 Å². The van der Waals surface area contributed by atoms with Gasteiger partial charge in [0.1, 0.15) is 20.8 Å². The van der Waals surface area contributed by atoms with Gasteiger partial charge in [-0.1, -0.05) is 11.3 Å². The van der Waals surface area contributed by atoms with E-state index in [2.05, 4.69) is 22.8 Å². The van der Waals surface area contributed by atoms with Gasteiger partial charge in [0.05, 0.1) is 19.0 Å². The summed E-state index contributed by atoms with van der Waals surface area (Å²) in [5, 5.41) is 27.9. The van der Waals surface area contributed by atoms with E-state index in [9.17, 15) is 29.4 Å². The zero-order valence-electron chi connectivity index (χ0n) is 17.3. The van der Waals surface area contributed by atoms with E-state index in [4.69, 9.17) is 0 Å². The second-order valence-corrected chi connectivity index (χ2v) is 12.7. The third-order valence-corrected chi connectivity index (χ3v) is 10.6. The van der Waals surface area contributed by atoms with Gasteiger partial charge in [0.2, 0.25) is 11.3 Å². The van der Waals surface area contributed by atoms with E-state index in [1.807, 2.05) is 45.2 Å². The number of carboxylic acids is 1. The third kappa shape index (κ3) is 4.27. The van der Waals surface area contributed by atoms with Crippen molar-refractivity contribution in [1.82, 2.24) is 19.8 Å². The molecule has 0 aromatic carbocycles. The molecule has 0 aliphatic carbocycles. The average Bonchev–Trinajstić information content (AvgIpc) is 3.28. The number of aromatic nitrogens is 3. The number of carbonyl (C=O) groups excluding carboxylic acids is 2. The molecule has 2 amide bonds. The summed E-state index contributed by atoms with van der Waals surface area (Å²) in [6, 6.07) is -0.843. The molecule has 0 saturated carbocycles. The number of pyridine rings is 1. The van der Waals surface area contributed by atoms with Crippen molar-refractivity contribution >= 4 is 98.7 Å². The predicted molar refractivity (Wildman–Crippen MR) is 144 cm³/mol. The standard InChI is InChI=1S/C18H17I2N5O6S3/c1-7(27)25(23-2-8(19)12(28)9(20)3-23)11-15(29)24-5-18(17(30)31,6-33-16(11)24)13(32)14-22-21-10(4-26)34-14/h2-3,11,13,16,26,32H,4-6H2,1H3,(H,30,31)/t11?,13?,16-,18?/m1/s1. The Morgan fingerprint density at radius 3 is 2.50 bits per heavy atom. The first-order chi connectivity index (χ1) is 16.0. The molecular formula is C18H17I2N5O6S3. The van der Waals surface area contributed by atoms with Crippen molar-refractivity contribution < 1.29 is 24.6 Å². The van der Waals surface area contributed by atoms with Crippen molar-refractivity contribution in [2.75, 3.05) is 17.3 Å². The Hall–Kier alpha value is -0.960. The van der Waals surface area contributed by atoms with Gasteiger partial charge in [-0.15, -0.1) is 22.0 Å². The van der Waals surface area contributed by atoms with Crippen molar-refractivity contribution in [3.8, 4) is 0 Å². The quantitative estimate of drug-likeness (QED) is 0.223. The SMILES string of the molecule is CC(=O)N(C1C(=O)N2CC(C(=O)O)(C(S)c3nnc(CO)s3)CS[C@H]12)n1cc(I)c(=O)c(I)c1.